The molecule has 3 heterocycles. The smallest absolute Gasteiger partial charge is 0.251 e. The molecule has 0 bridgehead atoms. The number of pyridine rings is 1. The van der Waals surface area contributed by atoms with Gasteiger partial charge in [0.1, 0.15) is 11.9 Å². The van der Waals surface area contributed by atoms with Gasteiger partial charge in [0.2, 0.25) is 5.69 Å². The normalized spacial score (nSPS) is 14.5. The van der Waals surface area contributed by atoms with Crippen molar-refractivity contribution in [2.45, 2.75) is 12.5 Å². The molecule has 5 aromatic rings. The monoisotopic (exact) mass is 604 g/mol. The van der Waals surface area contributed by atoms with Crippen LogP contribution in [0.2, 0.25) is 10.2 Å². The molecular formula is C27H21Cl2F2N7O3. The van der Waals surface area contributed by atoms with Gasteiger partial charge in [0.05, 0.1) is 46.6 Å². The SMILES string of the molecule is [2H]C([2H])([2H])OC([2H])([2H])CC(c1ccc(-c2c(-n3cc(Cl)nn3)ccc(Cl)c2F)c[n+]1[O-])n1cc(-c2ccc(C(N)=O)c(F)c2)cn1. The first-order chi connectivity index (χ1) is 21.5. The van der Waals surface area contributed by atoms with Crippen molar-refractivity contribution in [1.82, 2.24) is 24.8 Å². The van der Waals surface area contributed by atoms with Crippen LogP contribution in [0.3, 0.4) is 0 Å². The van der Waals surface area contributed by atoms with Gasteiger partial charge in [-0.25, -0.2) is 13.5 Å². The number of nitrogens with zero attached hydrogens (tertiary/aromatic N) is 6. The summed E-state index contributed by atoms with van der Waals surface area (Å²) in [6.45, 7) is -2.80. The molecule has 0 saturated carbocycles. The molecule has 0 fully saturated rings. The van der Waals surface area contributed by atoms with Gasteiger partial charge < -0.3 is 15.7 Å². The summed E-state index contributed by atoms with van der Waals surface area (Å²) in [7, 11) is -3.12. The number of amides is 1. The molecule has 0 aliphatic heterocycles. The van der Waals surface area contributed by atoms with Gasteiger partial charge in [-0.1, -0.05) is 34.5 Å². The van der Waals surface area contributed by atoms with E-state index in [4.69, 9.17) is 35.8 Å². The van der Waals surface area contributed by atoms with Crippen molar-refractivity contribution in [2.24, 2.45) is 5.73 Å². The Morgan fingerprint density at radius 2 is 2.00 bits per heavy atom. The lowest BCUT2D eigenvalue weighted by Gasteiger charge is -2.18. The van der Waals surface area contributed by atoms with Crippen molar-refractivity contribution in [3.05, 3.63) is 106 Å². The Morgan fingerprint density at radius 1 is 1.20 bits per heavy atom. The Kier molecular flexibility index (Phi) is 6.32. The first kappa shape index (κ1) is 22.3. The quantitative estimate of drug-likeness (QED) is 0.191. The Morgan fingerprint density at radius 3 is 2.68 bits per heavy atom. The van der Waals surface area contributed by atoms with Gasteiger partial charge in [-0.15, -0.1) is 5.10 Å². The lowest BCUT2D eigenvalue weighted by molar-refractivity contribution is -0.615. The topological polar surface area (TPSA) is 128 Å². The number of hydrogen-bond acceptors (Lipinski definition) is 6. The predicted octanol–water partition coefficient (Wildman–Crippen LogP) is 4.74. The van der Waals surface area contributed by atoms with E-state index < -0.39 is 43.6 Å². The maximum atomic E-state index is 15.4. The molecule has 0 radical (unpaired) electrons. The van der Waals surface area contributed by atoms with Crippen molar-refractivity contribution < 1.29 is 29.9 Å². The number of carbonyl (C=O) groups is 1. The first-order valence-corrected chi connectivity index (χ1v) is 12.4. The summed E-state index contributed by atoms with van der Waals surface area (Å²) in [5, 5.41) is 25.1. The zero-order valence-electron chi connectivity index (χ0n) is 25.6. The van der Waals surface area contributed by atoms with Crippen molar-refractivity contribution in [1.29, 1.82) is 0 Å². The number of carbonyl (C=O) groups excluding carboxylic acids is 1. The number of rotatable bonds is 9. The van der Waals surface area contributed by atoms with Crippen molar-refractivity contribution in [2.75, 3.05) is 13.6 Å². The van der Waals surface area contributed by atoms with Crippen LogP contribution >= 0.6 is 23.2 Å². The summed E-state index contributed by atoms with van der Waals surface area (Å²) >= 11 is 11.9. The summed E-state index contributed by atoms with van der Waals surface area (Å²) in [5.74, 6) is -2.72. The average Bonchev–Trinajstić information content (AvgIpc) is 3.61. The van der Waals surface area contributed by atoms with Crippen molar-refractivity contribution in [3.63, 3.8) is 0 Å². The van der Waals surface area contributed by atoms with Gasteiger partial charge in [-0.2, -0.15) is 9.83 Å². The zero-order valence-corrected chi connectivity index (χ0v) is 22.1. The van der Waals surface area contributed by atoms with Gasteiger partial charge in [-0.3, -0.25) is 9.48 Å². The fraction of sp³-hybridized carbons (Fsp3) is 0.148. The van der Waals surface area contributed by atoms with Crippen LogP contribution in [0.5, 0.6) is 0 Å². The molecule has 10 nitrogen and oxygen atoms in total. The fourth-order valence-electron chi connectivity index (χ4n) is 4.27. The van der Waals surface area contributed by atoms with E-state index in [-0.39, 0.29) is 43.8 Å². The molecular weight excluding hydrogens is 579 g/mol. The Balaban J connectivity index is 1.59. The van der Waals surface area contributed by atoms with E-state index in [0.29, 0.717) is 10.3 Å². The molecule has 2 aromatic carbocycles. The molecule has 0 saturated heterocycles. The number of primary amides is 1. The van der Waals surface area contributed by atoms with E-state index >= 15 is 4.39 Å². The maximum Gasteiger partial charge on any atom is 0.251 e. The average molecular weight is 605 g/mol. The molecule has 2 N–H and O–H groups in total. The highest BCUT2D eigenvalue weighted by atomic mass is 35.5. The Hall–Kier alpha value is -4.39. The Labute approximate surface area is 249 Å². The lowest BCUT2D eigenvalue weighted by atomic mass is 10.0. The third-order valence-corrected chi connectivity index (χ3v) is 6.66. The van der Waals surface area contributed by atoms with Gasteiger partial charge in [0.25, 0.3) is 5.91 Å². The van der Waals surface area contributed by atoms with Crippen LogP contribution in [-0.2, 0) is 4.74 Å². The van der Waals surface area contributed by atoms with Gasteiger partial charge in [0.15, 0.2) is 17.2 Å². The summed E-state index contributed by atoms with van der Waals surface area (Å²) in [6.07, 6.45) is 4.27. The number of aromatic nitrogens is 6. The van der Waals surface area contributed by atoms with Gasteiger partial charge in [0, 0.05) is 37.8 Å². The third kappa shape index (κ3) is 5.62. The summed E-state index contributed by atoms with van der Waals surface area (Å²) in [5.41, 5.74) is 5.37. The molecule has 1 amide bonds. The number of nitrogens with two attached hydrogens (primary N) is 1. The maximum absolute atomic E-state index is 15.4. The van der Waals surface area contributed by atoms with Crippen LogP contribution in [0, 0.1) is 16.8 Å². The standard InChI is InChI=1S/C27H21Cl2F2N7O3/c1-41-9-8-21(36-12-17(11-33-36)15-2-4-18(27(32)39)20(30)10-15)22-6-3-16(13-38(22)40)25-23(7-5-19(28)26(25)31)37-14-24(29)34-35-37/h2-7,10-14,21H,8-9H2,1H3,(H2,32,39)/i1D3,9D2. The molecule has 3 aromatic heterocycles. The van der Waals surface area contributed by atoms with Gasteiger partial charge in [-0.05, 0) is 35.9 Å². The summed E-state index contributed by atoms with van der Waals surface area (Å²) < 4.78 is 75.8. The summed E-state index contributed by atoms with van der Waals surface area (Å²) in [6, 6.07) is 7.73. The second-order valence-electron chi connectivity index (χ2n) is 8.64. The first-order valence-electron chi connectivity index (χ1n) is 14.2. The number of benzene rings is 2. The van der Waals surface area contributed by atoms with Crippen LogP contribution in [0.1, 0.15) is 35.4 Å². The minimum absolute atomic E-state index is 0.0251. The largest absolute Gasteiger partial charge is 0.618 e. The van der Waals surface area contributed by atoms with E-state index in [1.54, 1.807) is 0 Å². The molecule has 5 rings (SSSR count). The number of methoxy groups -OCH3 is 1. The molecule has 210 valence electrons. The van der Waals surface area contributed by atoms with Crippen molar-refractivity contribution >= 4 is 29.1 Å². The zero-order chi connectivity index (χ0) is 33.6. The molecule has 14 heteroatoms. The van der Waals surface area contributed by atoms with Crippen molar-refractivity contribution in [3.8, 4) is 27.9 Å². The van der Waals surface area contributed by atoms with E-state index in [0.717, 1.165) is 12.3 Å². The third-order valence-electron chi connectivity index (χ3n) is 6.20. The molecule has 0 aliphatic rings. The lowest BCUT2D eigenvalue weighted by Crippen LogP contribution is -2.36. The van der Waals surface area contributed by atoms with E-state index in [2.05, 4.69) is 20.1 Å². The summed E-state index contributed by atoms with van der Waals surface area (Å²) in [4.78, 5) is 11.4. The van der Waals surface area contributed by atoms with E-state index in [9.17, 15) is 14.4 Å². The number of ether oxygens (including phenoxy) is 1. The van der Waals surface area contributed by atoms with E-state index in [1.165, 1.54) is 64.4 Å². The molecule has 1 atom stereocenters. The van der Waals surface area contributed by atoms with Gasteiger partial charge >= 0.3 is 0 Å². The van der Waals surface area contributed by atoms with Crippen LogP contribution in [0.4, 0.5) is 8.78 Å². The highest BCUT2D eigenvalue weighted by Crippen LogP contribution is 2.34. The van der Waals surface area contributed by atoms with Crippen LogP contribution < -0.4 is 10.5 Å². The molecule has 1 unspecified atom stereocenters. The second-order valence-corrected chi connectivity index (χ2v) is 9.44. The highest BCUT2D eigenvalue weighted by molar-refractivity contribution is 6.31. The highest BCUT2D eigenvalue weighted by Gasteiger charge is 2.26. The predicted molar refractivity (Wildman–Crippen MR) is 147 cm³/mol. The Bertz CT molecular complexity index is 1960. The van der Waals surface area contributed by atoms with Crippen LogP contribution in [0.25, 0.3) is 27.9 Å². The molecule has 0 aliphatic carbocycles. The fourth-order valence-corrected chi connectivity index (χ4v) is 4.56. The van der Waals surface area contributed by atoms with Crippen LogP contribution in [-0.4, -0.2) is 44.3 Å². The molecule has 0 spiro atoms. The van der Waals surface area contributed by atoms with E-state index in [1.807, 2.05) is 0 Å². The number of hydrogen-bond donors (Lipinski definition) is 1. The molecule has 41 heavy (non-hydrogen) atoms. The number of halogens is 4. The minimum Gasteiger partial charge on any atom is -0.618 e. The minimum atomic E-state index is -3.12. The second kappa shape index (κ2) is 11.6. The van der Waals surface area contributed by atoms with Crippen LogP contribution in [0.15, 0.2) is 67.3 Å².